The number of esters is 1. The summed E-state index contributed by atoms with van der Waals surface area (Å²) < 4.78 is 5.12. The van der Waals surface area contributed by atoms with Crippen LogP contribution in [0.2, 0.25) is 10.2 Å². The van der Waals surface area contributed by atoms with Crippen LogP contribution in [0, 0.1) is 0 Å². The van der Waals surface area contributed by atoms with Gasteiger partial charge in [0.2, 0.25) is 0 Å². The summed E-state index contributed by atoms with van der Waals surface area (Å²) in [6.45, 7) is 3.53. The number of aromatic nitrogens is 1. The van der Waals surface area contributed by atoms with E-state index in [0.29, 0.717) is 5.69 Å². The topological polar surface area (TPSA) is 68.3 Å². The molecular weight excluding hydrogens is 351 g/mol. The maximum atomic E-state index is 12.1. The Labute approximate surface area is 149 Å². The van der Waals surface area contributed by atoms with Crippen molar-refractivity contribution >= 4 is 40.8 Å². The smallest absolute Gasteiger partial charge is 0.340 e. The first-order valence-corrected chi connectivity index (χ1v) is 8.08. The van der Waals surface area contributed by atoms with Crippen LogP contribution >= 0.6 is 23.2 Å². The third kappa shape index (κ3) is 4.69. The first-order chi connectivity index (χ1) is 11.4. The Hall–Kier alpha value is -2.11. The van der Waals surface area contributed by atoms with Crippen LogP contribution in [0.1, 0.15) is 29.8 Å². The minimum Gasteiger partial charge on any atom is -0.449 e. The van der Waals surface area contributed by atoms with E-state index in [1.807, 2.05) is 19.1 Å². The van der Waals surface area contributed by atoms with Gasteiger partial charge in [0.25, 0.3) is 5.91 Å². The number of halogens is 2. The van der Waals surface area contributed by atoms with Gasteiger partial charge in [-0.25, -0.2) is 9.78 Å². The van der Waals surface area contributed by atoms with Gasteiger partial charge in [-0.1, -0.05) is 42.3 Å². The molecule has 1 heterocycles. The van der Waals surface area contributed by atoms with E-state index in [-0.39, 0.29) is 15.7 Å². The van der Waals surface area contributed by atoms with Gasteiger partial charge in [-0.3, -0.25) is 4.79 Å². The summed E-state index contributed by atoms with van der Waals surface area (Å²) in [4.78, 5) is 27.9. The Morgan fingerprint density at radius 1 is 1.25 bits per heavy atom. The molecule has 0 unspecified atom stereocenters. The molecule has 1 N–H and O–H groups in total. The number of rotatable bonds is 5. The Bertz CT molecular complexity index is 748. The number of carbonyl (C=O) groups excluding carboxylic acids is 2. The van der Waals surface area contributed by atoms with Crippen LogP contribution in [0.3, 0.4) is 0 Å². The molecular formula is C17H16Cl2N2O3. The zero-order chi connectivity index (χ0) is 17.7. The number of anilines is 1. The first kappa shape index (κ1) is 18.2. The SMILES string of the molecule is CCc1ccc(NC(=O)[C@H](C)OC(=O)c2cnc(Cl)c(Cl)c2)cc1. The second-order valence-electron chi connectivity index (χ2n) is 5.08. The zero-order valence-corrected chi connectivity index (χ0v) is 14.7. The maximum absolute atomic E-state index is 12.1. The van der Waals surface area contributed by atoms with E-state index in [0.717, 1.165) is 6.42 Å². The van der Waals surface area contributed by atoms with Gasteiger partial charge in [-0.15, -0.1) is 0 Å². The average molecular weight is 367 g/mol. The third-order valence-electron chi connectivity index (χ3n) is 3.31. The molecule has 24 heavy (non-hydrogen) atoms. The quantitative estimate of drug-likeness (QED) is 0.637. The second kappa shape index (κ2) is 8.13. The molecule has 0 fully saturated rings. The fourth-order valence-corrected chi connectivity index (χ4v) is 2.15. The Kier molecular flexibility index (Phi) is 6.17. The number of pyridine rings is 1. The monoisotopic (exact) mass is 366 g/mol. The van der Waals surface area contributed by atoms with Gasteiger partial charge < -0.3 is 10.1 Å². The number of hydrogen-bond acceptors (Lipinski definition) is 4. The van der Waals surface area contributed by atoms with Crippen molar-refractivity contribution in [3.8, 4) is 0 Å². The molecule has 1 atom stereocenters. The molecule has 1 aromatic carbocycles. The number of nitrogens with one attached hydrogen (secondary N) is 1. The Morgan fingerprint density at radius 2 is 1.92 bits per heavy atom. The van der Waals surface area contributed by atoms with Gasteiger partial charge in [-0.05, 0) is 37.1 Å². The highest BCUT2D eigenvalue weighted by atomic mass is 35.5. The molecule has 2 rings (SSSR count). The largest absolute Gasteiger partial charge is 0.449 e. The van der Waals surface area contributed by atoms with Crippen molar-refractivity contribution in [1.29, 1.82) is 0 Å². The molecule has 0 aliphatic heterocycles. The zero-order valence-electron chi connectivity index (χ0n) is 13.2. The number of aryl methyl sites for hydroxylation is 1. The van der Waals surface area contributed by atoms with Gasteiger partial charge in [-0.2, -0.15) is 0 Å². The molecule has 0 saturated carbocycles. The van der Waals surface area contributed by atoms with E-state index in [4.69, 9.17) is 27.9 Å². The summed E-state index contributed by atoms with van der Waals surface area (Å²) in [5.41, 5.74) is 1.92. The maximum Gasteiger partial charge on any atom is 0.340 e. The molecule has 126 valence electrons. The van der Waals surface area contributed by atoms with Crippen LogP contribution in [-0.4, -0.2) is 23.0 Å². The predicted octanol–water partition coefficient (Wildman–Crippen LogP) is 4.13. The molecule has 1 aromatic heterocycles. The number of carbonyl (C=O) groups is 2. The lowest BCUT2D eigenvalue weighted by Crippen LogP contribution is -2.30. The van der Waals surface area contributed by atoms with Crippen molar-refractivity contribution in [2.45, 2.75) is 26.4 Å². The van der Waals surface area contributed by atoms with E-state index < -0.39 is 18.0 Å². The average Bonchev–Trinajstić information content (AvgIpc) is 2.57. The minimum atomic E-state index is -0.974. The van der Waals surface area contributed by atoms with Crippen molar-refractivity contribution in [3.05, 3.63) is 57.8 Å². The number of amides is 1. The van der Waals surface area contributed by atoms with Gasteiger partial charge >= 0.3 is 5.97 Å². The normalized spacial score (nSPS) is 11.7. The Morgan fingerprint density at radius 3 is 2.50 bits per heavy atom. The number of nitrogens with zero attached hydrogens (tertiary/aromatic N) is 1. The standard InChI is InChI=1S/C17H16Cl2N2O3/c1-3-11-4-6-13(7-5-11)21-16(22)10(2)24-17(23)12-8-14(18)15(19)20-9-12/h4-10H,3H2,1-2H3,(H,21,22)/t10-/m0/s1. The molecule has 7 heteroatoms. The van der Waals surface area contributed by atoms with E-state index in [9.17, 15) is 9.59 Å². The van der Waals surface area contributed by atoms with Gasteiger partial charge in [0.1, 0.15) is 5.15 Å². The molecule has 0 radical (unpaired) electrons. The van der Waals surface area contributed by atoms with Crippen LogP contribution in [0.25, 0.3) is 0 Å². The van der Waals surface area contributed by atoms with Crippen LogP contribution < -0.4 is 5.32 Å². The van der Waals surface area contributed by atoms with Gasteiger partial charge in [0.05, 0.1) is 10.6 Å². The fourth-order valence-electron chi connectivity index (χ4n) is 1.88. The summed E-state index contributed by atoms with van der Waals surface area (Å²) >= 11 is 11.5. The third-order valence-corrected chi connectivity index (χ3v) is 4.00. The van der Waals surface area contributed by atoms with Crippen molar-refractivity contribution in [2.75, 3.05) is 5.32 Å². The summed E-state index contributed by atoms with van der Waals surface area (Å²) in [6.07, 6.45) is 1.18. The summed E-state index contributed by atoms with van der Waals surface area (Å²) in [7, 11) is 0. The fraction of sp³-hybridized carbons (Fsp3) is 0.235. The number of benzene rings is 1. The van der Waals surface area contributed by atoms with Gasteiger partial charge in [0, 0.05) is 11.9 Å². The molecule has 0 aliphatic rings. The molecule has 2 aromatic rings. The number of hydrogen-bond donors (Lipinski definition) is 1. The van der Waals surface area contributed by atoms with Crippen molar-refractivity contribution < 1.29 is 14.3 Å². The van der Waals surface area contributed by atoms with Crippen molar-refractivity contribution in [2.24, 2.45) is 0 Å². The highest BCUT2D eigenvalue weighted by Crippen LogP contribution is 2.20. The minimum absolute atomic E-state index is 0.0922. The Balaban J connectivity index is 1.97. The lowest BCUT2D eigenvalue weighted by Gasteiger charge is -2.14. The van der Waals surface area contributed by atoms with E-state index in [1.54, 1.807) is 12.1 Å². The van der Waals surface area contributed by atoms with Crippen molar-refractivity contribution in [1.82, 2.24) is 4.98 Å². The second-order valence-corrected chi connectivity index (χ2v) is 5.85. The molecule has 0 aliphatic carbocycles. The lowest BCUT2D eigenvalue weighted by molar-refractivity contribution is -0.123. The molecule has 0 bridgehead atoms. The van der Waals surface area contributed by atoms with Crippen LogP contribution in [-0.2, 0) is 16.0 Å². The highest BCUT2D eigenvalue weighted by Gasteiger charge is 2.20. The summed E-state index contributed by atoms with van der Waals surface area (Å²) in [6, 6.07) is 8.79. The van der Waals surface area contributed by atoms with Crippen LogP contribution in [0.15, 0.2) is 36.5 Å². The predicted molar refractivity (Wildman–Crippen MR) is 93.6 cm³/mol. The van der Waals surface area contributed by atoms with Crippen LogP contribution in [0.5, 0.6) is 0 Å². The van der Waals surface area contributed by atoms with E-state index in [1.165, 1.54) is 24.8 Å². The molecule has 0 spiro atoms. The molecule has 1 amide bonds. The molecule has 5 nitrogen and oxygen atoms in total. The highest BCUT2D eigenvalue weighted by molar-refractivity contribution is 6.41. The van der Waals surface area contributed by atoms with E-state index >= 15 is 0 Å². The summed E-state index contributed by atoms with van der Waals surface area (Å²) in [5.74, 6) is -1.13. The van der Waals surface area contributed by atoms with E-state index in [2.05, 4.69) is 10.3 Å². The van der Waals surface area contributed by atoms with Crippen LogP contribution in [0.4, 0.5) is 5.69 Å². The molecule has 0 saturated heterocycles. The lowest BCUT2D eigenvalue weighted by atomic mass is 10.1. The first-order valence-electron chi connectivity index (χ1n) is 7.32. The van der Waals surface area contributed by atoms with Gasteiger partial charge in [0.15, 0.2) is 6.10 Å². The number of ether oxygens (including phenoxy) is 1. The summed E-state index contributed by atoms with van der Waals surface area (Å²) in [5, 5.41) is 2.92. The van der Waals surface area contributed by atoms with Crippen molar-refractivity contribution in [3.63, 3.8) is 0 Å².